The number of hydrogen-bond acceptors (Lipinski definition) is 5. The molecule has 1 heterocycles. The second-order valence-electron chi connectivity index (χ2n) is 8.16. The molecule has 154 valence electrons. The Balaban J connectivity index is 2.10. The van der Waals surface area contributed by atoms with Gasteiger partial charge in [-0.15, -0.1) is 0 Å². The second-order valence-corrected chi connectivity index (χ2v) is 8.16. The summed E-state index contributed by atoms with van der Waals surface area (Å²) in [5.74, 6) is -1.25. The molecule has 5 atom stereocenters. The summed E-state index contributed by atoms with van der Waals surface area (Å²) < 4.78 is 5.30. The first-order valence-corrected chi connectivity index (χ1v) is 10.3. The smallest absolute Gasteiger partial charge is 0.326 e. The van der Waals surface area contributed by atoms with Gasteiger partial charge >= 0.3 is 11.9 Å². The SMILES string of the molecule is CCC[C@H](N[C@@H](C)C(=O)N1[C@H](C(=O)O)C[C@@H]2CCCC[C@@H]21)C(=O)OC(C)C. The fraction of sp³-hybridized carbons (Fsp3) is 0.850. The van der Waals surface area contributed by atoms with E-state index in [2.05, 4.69) is 5.32 Å². The third-order valence-electron chi connectivity index (χ3n) is 5.66. The molecule has 1 saturated carbocycles. The highest BCUT2D eigenvalue weighted by atomic mass is 16.5. The predicted octanol–water partition coefficient (Wildman–Crippen LogP) is 2.33. The lowest BCUT2D eigenvalue weighted by molar-refractivity contribution is -0.153. The number of nitrogens with one attached hydrogen (secondary N) is 1. The van der Waals surface area contributed by atoms with E-state index in [-0.39, 0.29) is 29.9 Å². The first-order valence-electron chi connectivity index (χ1n) is 10.3. The lowest BCUT2D eigenvalue weighted by Crippen LogP contribution is -2.55. The van der Waals surface area contributed by atoms with Crippen LogP contribution < -0.4 is 5.32 Å². The number of likely N-dealkylation sites (tertiary alicyclic amines) is 1. The van der Waals surface area contributed by atoms with E-state index in [9.17, 15) is 19.5 Å². The maximum absolute atomic E-state index is 13.1. The third-order valence-corrected chi connectivity index (χ3v) is 5.66. The molecule has 1 aliphatic heterocycles. The lowest BCUT2D eigenvalue weighted by atomic mass is 9.84. The number of carbonyl (C=O) groups is 3. The Morgan fingerprint density at radius 3 is 2.44 bits per heavy atom. The van der Waals surface area contributed by atoms with Gasteiger partial charge in [-0.2, -0.15) is 0 Å². The first-order chi connectivity index (χ1) is 12.8. The number of carbonyl (C=O) groups excluding carboxylic acids is 2. The van der Waals surface area contributed by atoms with Gasteiger partial charge in [0.25, 0.3) is 0 Å². The van der Waals surface area contributed by atoms with E-state index in [4.69, 9.17) is 4.74 Å². The molecule has 0 aromatic rings. The Morgan fingerprint density at radius 2 is 1.85 bits per heavy atom. The maximum Gasteiger partial charge on any atom is 0.326 e. The van der Waals surface area contributed by atoms with Crippen LogP contribution in [0.25, 0.3) is 0 Å². The molecule has 2 fully saturated rings. The van der Waals surface area contributed by atoms with Gasteiger partial charge in [-0.3, -0.25) is 14.9 Å². The summed E-state index contributed by atoms with van der Waals surface area (Å²) in [4.78, 5) is 38.8. The Labute approximate surface area is 161 Å². The molecule has 27 heavy (non-hydrogen) atoms. The largest absolute Gasteiger partial charge is 0.480 e. The van der Waals surface area contributed by atoms with E-state index in [0.29, 0.717) is 12.8 Å². The summed E-state index contributed by atoms with van der Waals surface area (Å²) in [6.07, 6.45) is 5.63. The van der Waals surface area contributed by atoms with Crippen LogP contribution >= 0.6 is 0 Å². The van der Waals surface area contributed by atoms with Gasteiger partial charge in [-0.25, -0.2) is 4.79 Å². The third kappa shape index (κ3) is 5.21. The number of esters is 1. The van der Waals surface area contributed by atoms with Crippen molar-refractivity contribution >= 4 is 17.8 Å². The first kappa shape index (κ1) is 21.7. The molecule has 1 amide bonds. The van der Waals surface area contributed by atoms with E-state index in [1.54, 1.807) is 25.7 Å². The van der Waals surface area contributed by atoms with Crippen LogP contribution in [0.2, 0.25) is 0 Å². The molecule has 1 aliphatic carbocycles. The Bertz CT molecular complexity index is 550. The fourth-order valence-electron chi connectivity index (χ4n) is 4.47. The molecule has 0 aromatic carbocycles. The van der Waals surface area contributed by atoms with Crippen molar-refractivity contribution in [3.05, 3.63) is 0 Å². The van der Waals surface area contributed by atoms with Crippen molar-refractivity contribution in [1.82, 2.24) is 10.2 Å². The van der Waals surface area contributed by atoms with Crippen LogP contribution in [0.4, 0.5) is 0 Å². The van der Waals surface area contributed by atoms with Gasteiger partial charge in [0.1, 0.15) is 12.1 Å². The molecule has 7 nitrogen and oxygen atoms in total. The molecule has 0 spiro atoms. The average Bonchev–Trinajstić information content (AvgIpc) is 2.99. The van der Waals surface area contributed by atoms with Crippen LogP contribution in [0.5, 0.6) is 0 Å². The molecule has 2 rings (SSSR count). The summed E-state index contributed by atoms with van der Waals surface area (Å²) in [6.45, 7) is 7.26. The lowest BCUT2D eigenvalue weighted by Gasteiger charge is -2.35. The van der Waals surface area contributed by atoms with Crippen LogP contribution in [0.1, 0.15) is 72.6 Å². The van der Waals surface area contributed by atoms with Gasteiger partial charge in [0.15, 0.2) is 0 Å². The van der Waals surface area contributed by atoms with Gasteiger partial charge in [-0.05, 0) is 52.4 Å². The maximum atomic E-state index is 13.1. The number of aliphatic carboxylic acids is 1. The van der Waals surface area contributed by atoms with Crippen molar-refractivity contribution in [3.63, 3.8) is 0 Å². The monoisotopic (exact) mass is 382 g/mol. The zero-order valence-electron chi connectivity index (χ0n) is 16.9. The molecular formula is C20H34N2O5. The number of carboxylic acid groups (broad SMARTS) is 1. The minimum absolute atomic E-state index is 0.00356. The van der Waals surface area contributed by atoms with Crippen molar-refractivity contribution in [2.75, 3.05) is 0 Å². The normalized spacial score (nSPS) is 27.1. The van der Waals surface area contributed by atoms with E-state index < -0.39 is 24.1 Å². The minimum atomic E-state index is -0.936. The van der Waals surface area contributed by atoms with Gasteiger partial charge < -0.3 is 14.7 Å². The molecule has 0 radical (unpaired) electrons. The molecule has 0 bridgehead atoms. The molecule has 1 saturated heterocycles. The van der Waals surface area contributed by atoms with Crippen molar-refractivity contribution in [1.29, 1.82) is 0 Å². The summed E-state index contributed by atoms with van der Waals surface area (Å²) in [5.41, 5.74) is 0. The minimum Gasteiger partial charge on any atom is -0.480 e. The van der Waals surface area contributed by atoms with Crippen molar-refractivity contribution in [3.8, 4) is 0 Å². The van der Waals surface area contributed by atoms with E-state index in [0.717, 1.165) is 32.1 Å². The van der Waals surface area contributed by atoms with Gasteiger partial charge in [0.2, 0.25) is 5.91 Å². The number of ether oxygens (including phenoxy) is 1. The fourth-order valence-corrected chi connectivity index (χ4v) is 4.47. The number of hydrogen-bond donors (Lipinski definition) is 2. The summed E-state index contributed by atoms with van der Waals surface area (Å²) in [6, 6.07) is -1.96. The van der Waals surface area contributed by atoms with Crippen LogP contribution in [0.15, 0.2) is 0 Å². The number of nitrogens with zero attached hydrogens (tertiary/aromatic N) is 1. The van der Waals surface area contributed by atoms with Crippen LogP contribution in [-0.4, -0.2) is 58.1 Å². The average molecular weight is 383 g/mol. The van der Waals surface area contributed by atoms with Crippen molar-refractivity contribution in [2.24, 2.45) is 5.92 Å². The number of rotatable bonds is 8. The molecule has 2 N–H and O–H groups in total. The standard InChI is InChI=1S/C20H34N2O5/c1-5-8-15(20(26)27-12(2)3)21-13(4)18(23)22-16-10-7-6-9-14(16)11-17(22)19(24)25/h12-17,21H,5-11H2,1-4H3,(H,24,25)/t13-,14-,15-,16-,17-/m0/s1. The Kier molecular flexibility index (Phi) is 7.65. The van der Waals surface area contributed by atoms with Crippen molar-refractivity contribution < 1.29 is 24.2 Å². The molecule has 2 aliphatic rings. The number of amides is 1. The van der Waals surface area contributed by atoms with Gasteiger partial charge in [0.05, 0.1) is 12.1 Å². The number of carboxylic acids is 1. The second kappa shape index (κ2) is 9.53. The van der Waals surface area contributed by atoms with Crippen molar-refractivity contribution in [2.45, 2.75) is 103 Å². The zero-order chi connectivity index (χ0) is 20.1. The summed E-state index contributed by atoms with van der Waals surface area (Å²) in [5, 5.41) is 12.7. The van der Waals surface area contributed by atoms with Crippen LogP contribution in [0, 0.1) is 5.92 Å². The zero-order valence-corrected chi connectivity index (χ0v) is 16.9. The van der Waals surface area contributed by atoms with E-state index >= 15 is 0 Å². The Morgan fingerprint density at radius 1 is 1.19 bits per heavy atom. The van der Waals surface area contributed by atoms with Gasteiger partial charge in [-0.1, -0.05) is 26.2 Å². The summed E-state index contributed by atoms with van der Waals surface area (Å²) in [7, 11) is 0. The molecule has 0 aromatic heterocycles. The van der Waals surface area contributed by atoms with E-state index in [1.165, 1.54) is 0 Å². The predicted molar refractivity (Wildman–Crippen MR) is 101 cm³/mol. The topological polar surface area (TPSA) is 95.9 Å². The highest BCUT2D eigenvalue weighted by Crippen LogP contribution is 2.40. The molecule has 7 heteroatoms. The highest BCUT2D eigenvalue weighted by Gasteiger charge is 2.48. The quantitative estimate of drug-likeness (QED) is 0.626. The Hall–Kier alpha value is -1.63. The molecular weight excluding hydrogens is 348 g/mol. The van der Waals surface area contributed by atoms with Crippen LogP contribution in [0.3, 0.4) is 0 Å². The van der Waals surface area contributed by atoms with E-state index in [1.807, 2.05) is 6.92 Å². The summed E-state index contributed by atoms with van der Waals surface area (Å²) >= 11 is 0. The number of fused-ring (bicyclic) bond motifs is 1. The molecule has 0 unspecified atom stereocenters. The van der Waals surface area contributed by atoms with Gasteiger partial charge in [0, 0.05) is 6.04 Å². The highest BCUT2D eigenvalue weighted by molar-refractivity contribution is 5.88. The van der Waals surface area contributed by atoms with Crippen LogP contribution in [-0.2, 0) is 19.1 Å².